The lowest BCUT2D eigenvalue weighted by molar-refractivity contribution is -0.114. The van der Waals surface area contributed by atoms with Crippen molar-refractivity contribution in [2.75, 3.05) is 5.75 Å². The minimum Gasteiger partial charge on any atom is -0.395 e. The maximum atomic E-state index is 11.7. The van der Waals surface area contributed by atoms with Gasteiger partial charge in [0.25, 0.3) is 0 Å². The van der Waals surface area contributed by atoms with E-state index in [1.807, 2.05) is 0 Å². The quantitative estimate of drug-likeness (QED) is 0.561. The first-order valence-electron chi connectivity index (χ1n) is 2.96. The van der Waals surface area contributed by atoms with Gasteiger partial charge in [0.15, 0.2) is 5.78 Å². The van der Waals surface area contributed by atoms with Crippen LogP contribution < -0.4 is 5.73 Å². The van der Waals surface area contributed by atoms with Gasteiger partial charge in [-0.3, -0.25) is 4.79 Å². The van der Waals surface area contributed by atoms with E-state index in [2.05, 4.69) is 5.73 Å². The van der Waals surface area contributed by atoms with Crippen LogP contribution in [-0.4, -0.2) is 17.7 Å². The van der Waals surface area contributed by atoms with Gasteiger partial charge < -0.3 is 5.73 Å². The highest BCUT2D eigenvalue weighted by Crippen LogP contribution is 2.21. The van der Waals surface area contributed by atoms with Crippen LogP contribution in [0.25, 0.3) is 0 Å². The number of nitrogens with two attached hydrogens (primary N) is 1. The van der Waals surface area contributed by atoms with Crippen molar-refractivity contribution in [1.29, 1.82) is 5.26 Å². The highest BCUT2D eigenvalue weighted by Gasteiger charge is 2.31. The van der Waals surface area contributed by atoms with E-state index in [1.54, 1.807) is 5.40 Å². The fourth-order valence-electron chi connectivity index (χ4n) is 0.400. The molecule has 13 heavy (non-hydrogen) atoms. The molecule has 0 aromatic rings. The van der Waals surface area contributed by atoms with Crippen molar-refractivity contribution in [3.05, 3.63) is 11.8 Å². The summed E-state index contributed by atoms with van der Waals surface area (Å²) in [6, 6.07) is 0. The molecule has 0 saturated carbocycles. The molecular formula is C6H5F3N2OS. The molecule has 0 heterocycles. The van der Waals surface area contributed by atoms with Gasteiger partial charge in [-0.05, 0) is 11.8 Å². The Kier molecular flexibility index (Phi) is 4.34. The number of hydrogen-bond donors (Lipinski definition) is 1. The van der Waals surface area contributed by atoms with E-state index in [1.165, 1.54) is 0 Å². The number of nitrogens with zero attached hydrogens (tertiary/aromatic N) is 1. The molecule has 0 atom stereocenters. The smallest absolute Gasteiger partial charge is 0.395 e. The number of rotatable bonds is 3. The van der Waals surface area contributed by atoms with E-state index in [0.29, 0.717) is 11.8 Å². The van der Waals surface area contributed by atoms with Crippen molar-refractivity contribution >= 4 is 17.5 Å². The Morgan fingerprint density at radius 1 is 1.62 bits per heavy atom. The maximum Gasteiger partial charge on any atom is 0.430 e. The van der Waals surface area contributed by atoms with Gasteiger partial charge >= 0.3 is 6.18 Å². The molecule has 0 aliphatic carbocycles. The average Bonchev–Trinajstić information content (AvgIpc) is 1.99. The van der Waals surface area contributed by atoms with Gasteiger partial charge in [0.1, 0.15) is 11.1 Å². The first-order chi connectivity index (χ1) is 5.88. The standard InChI is InChI=1S/C6H5F3N2OS/c7-6(8,9)5(11)1-4(12)2-13-3-10/h1H,2,11H2. The lowest BCUT2D eigenvalue weighted by Gasteiger charge is -2.04. The summed E-state index contributed by atoms with van der Waals surface area (Å²) in [6.45, 7) is 0. The molecule has 0 aliphatic heterocycles. The minimum atomic E-state index is -4.69. The van der Waals surface area contributed by atoms with E-state index in [9.17, 15) is 18.0 Å². The fraction of sp³-hybridized carbons (Fsp3) is 0.333. The molecule has 0 spiro atoms. The van der Waals surface area contributed by atoms with Crippen LogP contribution in [-0.2, 0) is 4.79 Å². The molecule has 7 heteroatoms. The molecule has 0 amide bonds. The van der Waals surface area contributed by atoms with E-state index in [4.69, 9.17) is 5.26 Å². The fourth-order valence-corrected chi connectivity index (χ4v) is 0.690. The molecule has 0 bridgehead atoms. The van der Waals surface area contributed by atoms with Crippen LogP contribution in [0, 0.1) is 10.7 Å². The Hall–Kier alpha value is -1.16. The lowest BCUT2D eigenvalue weighted by atomic mass is 10.3. The van der Waals surface area contributed by atoms with Gasteiger partial charge in [-0.15, -0.1) is 0 Å². The molecule has 72 valence electrons. The molecular weight excluding hydrogens is 205 g/mol. The summed E-state index contributed by atoms with van der Waals surface area (Å²) in [5.41, 5.74) is 3.10. The Morgan fingerprint density at radius 2 is 2.15 bits per heavy atom. The maximum absolute atomic E-state index is 11.7. The number of ketones is 1. The predicted molar refractivity (Wildman–Crippen MR) is 41.4 cm³/mol. The number of alkyl halides is 3. The summed E-state index contributed by atoms with van der Waals surface area (Å²) in [4.78, 5) is 10.6. The molecule has 0 saturated heterocycles. The average molecular weight is 210 g/mol. The first-order valence-corrected chi connectivity index (χ1v) is 3.94. The number of halogens is 3. The van der Waals surface area contributed by atoms with Crippen LogP contribution in [0.1, 0.15) is 0 Å². The molecule has 0 aromatic carbocycles. The third kappa shape index (κ3) is 5.14. The zero-order valence-electron chi connectivity index (χ0n) is 6.26. The van der Waals surface area contributed by atoms with Gasteiger partial charge in [-0.1, -0.05) is 0 Å². The van der Waals surface area contributed by atoms with Crippen LogP contribution in [0.3, 0.4) is 0 Å². The van der Waals surface area contributed by atoms with Gasteiger partial charge in [0, 0.05) is 6.08 Å². The number of carbonyl (C=O) groups is 1. The summed E-state index contributed by atoms with van der Waals surface area (Å²) >= 11 is 0.557. The highest BCUT2D eigenvalue weighted by atomic mass is 32.2. The van der Waals surface area contributed by atoms with Crippen molar-refractivity contribution in [3.8, 4) is 5.40 Å². The van der Waals surface area contributed by atoms with Crippen LogP contribution in [0.2, 0.25) is 0 Å². The number of allylic oxidation sites excluding steroid dienone is 2. The molecule has 0 fully saturated rings. The molecule has 0 aliphatic rings. The number of thioether (sulfide) groups is 1. The summed E-state index contributed by atoms with van der Waals surface area (Å²) in [7, 11) is 0. The molecule has 0 radical (unpaired) electrons. The van der Waals surface area contributed by atoms with Crippen molar-refractivity contribution in [1.82, 2.24) is 0 Å². The minimum absolute atomic E-state index is 0.282. The van der Waals surface area contributed by atoms with E-state index < -0.39 is 17.7 Å². The van der Waals surface area contributed by atoms with E-state index in [-0.39, 0.29) is 11.8 Å². The molecule has 0 unspecified atom stereocenters. The van der Waals surface area contributed by atoms with Gasteiger partial charge in [0.2, 0.25) is 0 Å². The lowest BCUT2D eigenvalue weighted by Crippen LogP contribution is -2.21. The van der Waals surface area contributed by atoms with E-state index in [0.717, 1.165) is 0 Å². The van der Waals surface area contributed by atoms with Crippen molar-refractivity contribution in [2.24, 2.45) is 5.73 Å². The van der Waals surface area contributed by atoms with E-state index >= 15 is 0 Å². The van der Waals surface area contributed by atoms with Crippen LogP contribution in [0.4, 0.5) is 13.2 Å². The zero-order chi connectivity index (χ0) is 10.5. The second-order valence-electron chi connectivity index (χ2n) is 1.94. The van der Waals surface area contributed by atoms with Crippen LogP contribution in [0.15, 0.2) is 11.8 Å². The van der Waals surface area contributed by atoms with Crippen molar-refractivity contribution < 1.29 is 18.0 Å². The predicted octanol–water partition coefficient (Wildman–Crippen LogP) is 1.17. The summed E-state index contributed by atoms with van der Waals surface area (Å²) < 4.78 is 35.1. The number of nitriles is 1. The van der Waals surface area contributed by atoms with Crippen molar-refractivity contribution in [3.63, 3.8) is 0 Å². The van der Waals surface area contributed by atoms with Gasteiger partial charge in [-0.25, -0.2) is 0 Å². The Morgan fingerprint density at radius 3 is 2.54 bits per heavy atom. The summed E-state index contributed by atoms with van der Waals surface area (Å²) in [5.74, 6) is -1.16. The third-order valence-electron chi connectivity index (χ3n) is 0.923. The largest absolute Gasteiger partial charge is 0.430 e. The normalized spacial score (nSPS) is 12.3. The van der Waals surface area contributed by atoms with Crippen molar-refractivity contribution in [2.45, 2.75) is 6.18 Å². The summed E-state index contributed by atoms with van der Waals surface area (Å²) in [6.07, 6.45) is -4.41. The number of carbonyl (C=O) groups excluding carboxylic acids is 1. The molecule has 0 rings (SSSR count). The zero-order valence-corrected chi connectivity index (χ0v) is 7.08. The van der Waals surface area contributed by atoms with Crippen LogP contribution in [0.5, 0.6) is 0 Å². The summed E-state index contributed by atoms with van der Waals surface area (Å²) in [5, 5.41) is 9.55. The Balaban J connectivity index is 4.25. The van der Waals surface area contributed by atoms with Gasteiger partial charge in [-0.2, -0.15) is 18.4 Å². The molecule has 2 N–H and O–H groups in total. The van der Waals surface area contributed by atoms with Gasteiger partial charge in [0.05, 0.1) is 5.75 Å². The molecule has 3 nitrogen and oxygen atoms in total. The van der Waals surface area contributed by atoms with Crippen LogP contribution >= 0.6 is 11.8 Å². The second kappa shape index (κ2) is 4.77. The highest BCUT2D eigenvalue weighted by molar-refractivity contribution is 8.04. The molecule has 0 aromatic heterocycles. The SMILES string of the molecule is N#CSCC(=O)C=C(N)C(F)(F)F. The topological polar surface area (TPSA) is 66.9 Å². The number of hydrogen-bond acceptors (Lipinski definition) is 4. The number of thiocyanates is 1. The monoisotopic (exact) mass is 210 g/mol. The Bertz CT molecular complexity index is 266. The Labute approximate surface area is 76.4 Å². The first kappa shape index (κ1) is 11.8. The third-order valence-corrected chi connectivity index (χ3v) is 1.48. The second-order valence-corrected chi connectivity index (χ2v) is 2.70.